The van der Waals surface area contributed by atoms with E-state index in [0.717, 1.165) is 29.7 Å². The van der Waals surface area contributed by atoms with Gasteiger partial charge in [0, 0.05) is 42.6 Å². The molecule has 0 aliphatic carbocycles. The molecule has 30 heavy (non-hydrogen) atoms. The Morgan fingerprint density at radius 3 is 1.40 bits per heavy atom. The standard InChI is InChI=1S/C12H10N2O2.C12H12N2/c15-14(16)12-3-1-10(2-4-12)9-11-5-7-13-8-6-11;13-12-3-1-10(2-4-12)9-11-5-7-14-8-6-11/h1-8H,9H2;1-8H,9,13H2. The van der Waals surface area contributed by atoms with E-state index in [9.17, 15) is 10.1 Å². The van der Waals surface area contributed by atoms with E-state index in [1.165, 1.54) is 23.3 Å². The quantitative estimate of drug-likeness (QED) is 0.295. The second kappa shape index (κ2) is 10.5. The highest BCUT2D eigenvalue weighted by molar-refractivity contribution is 5.40. The van der Waals surface area contributed by atoms with Crippen LogP contribution in [0.4, 0.5) is 11.4 Å². The van der Waals surface area contributed by atoms with Crippen LogP contribution in [0.3, 0.4) is 0 Å². The van der Waals surface area contributed by atoms with Gasteiger partial charge in [0.05, 0.1) is 4.92 Å². The Morgan fingerprint density at radius 1 is 0.633 bits per heavy atom. The molecule has 0 spiro atoms. The minimum absolute atomic E-state index is 0.124. The van der Waals surface area contributed by atoms with Gasteiger partial charge in [-0.25, -0.2) is 0 Å². The number of anilines is 1. The maximum atomic E-state index is 10.5. The minimum Gasteiger partial charge on any atom is -0.399 e. The summed E-state index contributed by atoms with van der Waals surface area (Å²) < 4.78 is 0. The van der Waals surface area contributed by atoms with E-state index >= 15 is 0 Å². The lowest BCUT2D eigenvalue weighted by Gasteiger charge is -2.01. The number of non-ortho nitro benzene ring substituents is 1. The zero-order chi connectivity index (χ0) is 21.2. The molecule has 4 aromatic rings. The van der Waals surface area contributed by atoms with Crippen molar-refractivity contribution in [3.8, 4) is 0 Å². The molecule has 0 bridgehead atoms. The molecule has 0 fully saturated rings. The molecule has 150 valence electrons. The molecule has 2 heterocycles. The Bertz CT molecular complexity index is 1050. The lowest BCUT2D eigenvalue weighted by molar-refractivity contribution is -0.384. The second-order valence-corrected chi connectivity index (χ2v) is 6.73. The van der Waals surface area contributed by atoms with E-state index in [1.807, 2.05) is 48.8 Å². The SMILES string of the molecule is Nc1ccc(Cc2ccncc2)cc1.O=[N+]([O-])c1ccc(Cc2ccncc2)cc1. The first kappa shape index (κ1) is 20.7. The first-order valence-corrected chi connectivity index (χ1v) is 9.46. The number of aromatic nitrogens is 2. The largest absolute Gasteiger partial charge is 0.399 e. The van der Waals surface area contributed by atoms with Crippen molar-refractivity contribution in [2.24, 2.45) is 0 Å². The third kappa shape index (κ3) is 6.53. The third-order valence-electron chi connectivity index (χ3n) is 4.44. The highest BCUT2D eigenvalue weighted by Crippen LogP contribution is 2.14. The zero-order valence-corrected chi connectivity index (χ0v) is 16.4. The molecule has 0 atom stereocenters. The van der Waals surface area contributed by atoms with Crippen molar-refractivity contribution in [3.63, 3.8) is 0 Å². The summed E-state index contributed by atoms with van der Waals surface area (Å²) in [6, 6.07) is 22.5. The lowest BCUT2D eigenvalue weighted by atomic mass is 10.1. The van der Waals surface area contributed by atoms with E-state index in [2.05, 4.69) is 22.1 Å². The predicted octanol–water partition coefficient (Wildman–Crippen LogP) is 4.84. The van der Waals surface area contributed by atoms with E-state index in [1.54, 1.807) is 24.5 Å². The van der Waals surface area contributed by atoms with Gasteiger partial charge in [-0.2, -0.15) is 0 Å². The predicted molar refractivity (Wildman–Crippen MR) is 118 cm³/mol. The van der Waals surface area contributed by atoms with Crippen LogP contribution in [-0.4, -0.2) is 14.9 Å². The number of rotatable bonds is 5. The molecule has 2 aromatic heterocycles. The summed E-state index contributed by atoms with van der Waals surface area (Å²) in [6.45, 7) is 0. The molecule has 0 unspecified atom stereocenters. The van der Waals surface area contributed by atoms with Crippen LogP contribution in [0.15, 0.2) is 97.6 Å². The second-order valence-electron chi connectivity index (χ2n) is 6.73. The fourth-order valence-electron chi connectivity index (χ4n) is 2.84. The molecular formula is C24H22N4O2. The van der Waals surface area contributed by atoms with Gasteiger partial charge in [0.2, 0.25) is 0 Å². The van der Waals surface area contributed by atoms with Crippen LogP contribution in [0, 0.1) is 10.1 Å². The lowest BCUT2D eigenvalue weighted by Crippen LogP contribution is -1.90. The van der Waals surface area contributed by atoms with Gasteiger partial charge in [-0.1, -0.05) is 24.3 Å². The van der Waals surface area contributed by atoms with E-state index in [-0.39, 0.29) is 5.69 Å². The summed E-state index contributed by atoms with van der Waals surface area (Å²) in [5.74, 6) is 0. The molecule has 2 N–H and O–H groups in total. The summed E-state index contributed by atoms with van der Waals surface area (Å²) >= 11 is 0. The van der Waals surface area contributed by atoms with E-state index in [4.69, 9.17) is 5.73 Å². The molecule has 0 aliphatic rings. The van der Waals surface area contributed by atoms with Gasteiger partial charge in [-0.15, -0.1) is 0 Å². The zero-order valence-electron chi connectivity index (χ0n) is 16.4. The van der Waals surface area contributed by atoms with Crippen molar-refractivity contribution in [2.45, 2.75) is 12.8 Å². The van der Waals surface area contributed by atoms with Gasteiger partial charge in [0.25, 0.3) is 5.69 Å². The number of pyridine rings is 2. The molecule has 0 radical (unpaired) electrons. The summed E-state index contributed by atoms with van der Waals surface area (Å²) in [7, 11) is 0. The average molecular weight is 398 g/mol. The molecule has 0 aliphatic heterocycles. The smallest absolute Gasteiger partial charge is 0.269 e. The van der Waals surface area contributed by atoms with Gasteiger partial charge < -0.3 is 5.73 Å². The van der Waals surface area contributed by atoms with Crippen molar-refractivity contribution in [1.82, 2.24) is 9.97 Å². The molecule has 2 aromatic carbocycles. The van der Waals surface area contributed by atoms with Gasteiger partial charge in [0.15, 0.2) is 0 Å². The Hall–Kier alpha value is -4.06. The van der Waals surface area contributed by atoms with Crippen molar-refractivity contribution >= 4 is 11.4 Å². The summed E-state index contributed by atoms with van der Waals surface area (Å²) in [4.78, 5) is 18.0. The first-order chi connectivity index (χ1) is 14.6. The van der Waals surface area contributed by atoms with Crippen LogP contribution in [-0.2, 0) is 12.8 Å². The highest BCUT2D eigenvalue weighted by Gasteiger charge is 2.04. The van der Waals surface area contributed by atoms with Gasteiger partial charge in [-0.3, -0.25) is 20.1 Å². The van der Waals surface area contributed by atoms with Crippen molar-refractivity contribution in [2.75, 3.05) is 5.73 Å². The third-order valence-corrected chi connectivity index (χ3v) is 4.44. The Balaban J connectivity index is 0.000000172. The number of nitrogens with two attached hydrogens (primary N) is 1. The number of nitrogens with zero attached hydrogens (tertiary/aromatic N) is 3. The van der Waals surface area contributed by atoms with Crippen LogP contribution in [0.2, 0.25) is 0 Å². The van der Waals surface area contributed by atoms with Crippen LogP contribution in [0.5, 0.6) is 0 Å². The summed E-state index contributed by atoms with van der Waals surface area (Å²) in [5, 5.41) is 10.5. The monoisotopic (exact) mass is 398 g/mol. The number of benzene rings is 2. The summed E-state index contributed by atoms with van der Waals surface area (Å²) in [5.41, 5.74) is 11.3. The number of hydrogen-bond donors (Lipinski definition) is 1. The maximum Gasteiger partial charge on any atom is 0.269 e. The number of nitrogen functional groups attached to an aromatic ring is 1. The molecule has 0 saturated carbocycles. The van der Waals surface area contributed by atoms with Crippen molar-refractivity contribution in [3.05, 3.63) is 130 Å². The number of nitro groups is 1. The molecule has 6 heteroatoms. The van der Waals surface area contributed by atoms with Crippen LogP contribution in [0.25, 0.3) is 0 Å². The highest BCUT2D eigenvalue weighted by atomic mass is 16.6. The average Bonchev–Trinajstić information content (AvgIpc) is 2.78. The Labute approximate surface area is 175 Å². The van der Waals surface area contributed by atoms with Crippen LogP contribution < -0.4 is 5.73 Å². The summed E-state index contributed by atoms with van der Waals surface area (Å²) in [6.07, 6.45) is 8.80. The first-order valence-electron chi connectivity index (χ1n) is 9.46. The van der Waals surface area contributed by atoms with E-state index in [0.29, 0.717) is 0 Å². The normalized spacial score (nSPS) is 10.0. The fourth-order valence-corrected chi connectivity index (χ4v) is 2.84. The van der Waals surface area contributed by atoms with Crippen molar-refractivity contribution in [1.29, 1.82) is 0 Å². The van der Waals surface area contributed by atoms with Gasteiger partial charge >= 0.3 is 0 Å². The molecule has 0 amide bonds. The fraction of sp³-hybridized carbons (Fsp3) is 0.0833. The van der Waals surface area contributed by atoms with Gasteiger partial charge in [-0.05, 0) is 71.5 Å². The number of nitro benzene ring substituents is 1. The van der Waals surface area contributed by atoms with Crippen molar-refractivity contribution < 1.29 is 4.92 Å². The van der Waals surface area contributed by atoms with E-state index < -0.39 is 4.92 Å². The van der Waals surface area contributed by atoms with Crippen LogP contribution in [0.1, 0.15) is 22.3 Å². The molecule has 0 saturated heterocycles. The molecular weight excluding hydrogens is 376 g/mol. The Kier molecular flexibility index (Phi) is 7.22. The molecule has 6 nitrogen and oxygen atoms in total. The van der Waals surface area contributed by atoms with Crippen LogP contribution >= 0.6 is 0 Å². The number of hydrogen-bond acceptors (Lipinski definition) is 5. The van der Waals surface area contributed by atoms with Gasteiger partial charge in [0.1, 0.15) is 0 Å². The Morgan fingerprint density at radius 2 is 1.00 bits per heavy atom. The molecule has 4 rings (SSSR count). The maximum absolute atomic E-state index is 10.5. The minimum atomic E-state index is -0.393. The topological polar surface area (TPSA) is 94.9 Å².